The number of benzene rings is 2. The minimum Gasteiger partial charge on any atom is -0.325 e. The second-order valence-electron chi connectivity index (χ2n) is 5.85. The molecule has 0 radical (unpaired) electrons. The smallest absolute Gasteiger partial charge is 0.243 e. The molecule has 1 atom stereocenters. The maximum absolute atomic E-state index is 13.3. The van der Waals surface area contributed by atoms with Crippen LogP contribution in [0.3, 0.4) is 0 Å². The molecule has 138 valence electrons. The van der Waals surface area contributed by atoms with Gasteiger partial charge in [-0.25, -0.2) is 21.6 Å². The molecule has 1 saturated heterocycles. The lowest BCUT2D eigenvalue weighted by molar-refractivity contribution is -0.119. The molecule has 0 unspecified atom stereocenters. The molecule has 0 aliphatic carbocycles. The third-order valence-corrected chi connectivity index (χ3v) is 6.04. The summed E-state index contributed by atoms with van der Waals surface area (Å²) in [7, 11) is -3.99. The van der Waals surface area contributed by atoms with Crippen LogP contribution in [0.2, 0.25) is 0 Å². The lowest BCUT2D eigenvalue weighted by Gasteiger charge is -2.23. The van der Waals surface area contributed by atoms with Crippen molar-refractivity contribution in [2.24, 2.45) is 0 Å². The average molecular weight is 384 g/mol. The number of hydrogen-bond donors (Lipinski definition) is 1. The van der Waals surface area contributed by atoms with E-state index in [9.17, 15) is 26.4 Å². The molecular formula is C17H15F3N2O3S. The van der Waals surface area contributed by atoms with E-state index in [1.54, 1.807) is 0 Å². The van der Waals surface area contributed by atoms with Gasteiger partial charge in [0.2, 0.25) is 15.9 Å². The molecule has 2 aromatic carbocycles. The van der Waals surface area contributed by atoms with Gasteiger partial charge in [0.25, 0.3) is 0 Å². The summed E-state index contributed by atoms with van der Waals surface area (Å²) in [5, 5.41) is 2.40. The Morgan fingerprint density at radius 2 is 1.73 bits per heavy atom. The largest absolute Gasteiger partial charge is 0.325 e. The normalized spacial score (nSPS) is 18.0. The second kappa shape index (κ2) is 7.08. The van der Waals surface area contributed by atoms with Gasteiger partial charge < -0.3 is 5.32 Å². The van der Waals surface area contributed by atoms with Crippen LogP contribution in [0.1, 0.15) is 12.8 Å². The van der Waals surface area contributed by atoms with Crippen LogP contribution < -0.4 is 5.32 Å². The molecule has 1 aliphatic heterocycles. The van der Waals surface area contributed by atoms with Gasteiger partial charge in [0.15, 0.2) is 11.6 Å². The highest BCUT2D eigenvalue weighted by Crippen LogP contribution is 2.27. The minimum atomic E-state index is -3.99. The van der Waals surface area contributed by atoms with E-state index in [-0.39, 0.29) is 23.5 Å². The number of amides is 1. The van der Waals surface area contributed by atoms with Gasteiger partial charge in [-0.2, -0.15) is 4.31 Å². The Morgan fingerprint density at radius 3 is 2.38 bits per heavy atom. The number of nitrogens with zero attached hydrogens (tertiary/aromatic N) is 1. The Hall–Kier alpha value is -2.39. The number of sulfonamides is 1. The number of rotatable bonds is 4. The Balaban J connectivity index is 1.81. The first kappa shape index (κ1) is 18.4. The molecule has 1 amide bonds. The van der Waals surface area contributed by atoms with Crippen molar-refractivity contribution in [3.8, 4) is 0 Å². The van der Waals surface area contributed by atoms with Gasteiger partial charge in [0.1, 0.15) is 11.9 Å². The third kappa shape index (κ3) is 3.58. The molecule has 1 fully saturated rings. The fourth-order valence-corrected chi connectivity index (χ4v) is 4.49. The summed E-state index contributed by atoms with van der Waals surface area (Å²) in [5.74, 6) is -3.38. The Kier molecular flexibility index (Phi) is 5.01. The molecule has 9 heteroatoms. The Morgan fingerprint density at radius 1 is 1.04 bits per heavy atom. The van der Waals surface area contributed by atoms with E-state index in [1.807, 2.05) is 0 Å². The molecule has 1 N–H and O–H groups in total. The molecule has 1 aliphatic rings. The molecule has 3 rings (SSSR count). The predicted molar refractivity (Wildman–Crippen MR) is 88.3 cm³/mol. The highest BCUT2D eigenvalue weighted by Gasteiger charge is 2.39. The SMILES string of the molecule is O=C(Nc1ccc(F)c(F)c1)[C@@H]1CCCN1S(=O)(=O)c1ccc(F)cc1. The average Bonchev–Trinajstić information content (AvgIpc) is 3.09. The summed E-state index contributed by atoms with van der Waals surface area (Å²) in [6.45, 7) is 0.134. The van der Waals surface area contributed by atoms with E-state index in [1.165, 1.54) is 6.07 Å². The van der Waals surface area contributed by atoms with Crippen LogP contribution in [0.15, 0.2) is 47.4 Å². The highest BCUT2D eigenvalue weighted by atomic mass is 32.2. The van der Waals surface area contributed by atoms with Crippen LogP contribution in [-0.2, 0) is 14.8 Å². The van der Waals surface area contributed by atoms with E-state index in [4.69, 9.17) is 0 Å². The number of carbonyl (C=O) groups is 1. The standard InChI is InChI=1S/C17H15F3N2O3S/c18-11-3-6-13(7-4-11)26(24,25)22-9-1-2-16(22)17(23)21-12-5-8-14(19)15(20)10-12/h3-8,10,16H,1-2,9H2,(H,21,23)/t16-/m0/s1. The summed E-state index contributed by atoms with van der Waals surface area (Å²) >= 11 is 0. The van der Waals surface area contributed by atoms with Crippen LogP contribution in [0, 0.1) is 17.5 Å². The van der Waals surface area contributed by atoms with Gasteiger partial charge >= 0.3 is 0 Å². The summed E-state index contributed by atoms with van der Waals surface area (Å²) in [6, 6.07) is 6.20. The summed E-state index contributed by atoms with van der Waals surface area (Å²) < 4.78 is 65.8. The van der Waals surface area contributed by atoms with Crippen LogP contribution >= 0.6 is 0 Å². The van der Waals surface area contributed by atoms with E-state index < -0.39 is 39.4 Å². The number of halogens is 3. The van der Waals surface area contributed by atoms with Gasteiger partial charge in [-0.3, -0.25) is 4.79 Å². The Bertz CT molecular complexity index is 933. The fourth-order valence-electron chi connectivity index (χ4n) is 2.83. The van der Waals surface area contributed by atoms with Crippen LogP contribution in [-0.4, -0.2) is 31.2 Å². The topological polar surface area (TPSA) is 66.5 Å². The zero-order valence-electron chi connectivity index (χ0n) is 13.5. The number of hydrogen-bond acceptors (Lipinski definition) is 3. The molecule has 5 nitrogen and oxygen atoms in total. The van der Waals surface area contributed by atoms with Gasteiger partial charge in [-0.1, -0.05) is 0 Å². The van der Waals surface area contributed by atoms with Crippen molar-refractivity contribution in [2.75, 3.05) is 11.9 Å². The zero-order valence-corrected chi connectivity index (χ0v) is 14.3. The monoisotopic (exact) mass is 384 g/mol. The van der Waals surface area contributed by atoms with Crippen molar-refractivity contribution in [1.29, 1.82) is 0 Å². The Labute approximate surface area is 148 Å². The van der Waals surface area contributed by atoms with Crippen molar-refractivity contribution >= 4 is 21.6 Å². The first-order chi connectivity index (χ1) is 12.3. The molecule has 0 spiro atoms. The van der Waals surface area contributed by atoms with Gasteiger partial charge in [0.05, 0.1) is 4.90 Å². The molecular weight excluding hydrogens is 369 g/mol. The first-order valence-electron chi connectivity index (χ1n) is 7.82. The van der Waals surface area contributed by atoms with Crippen molar-refractivity contribution in [1.82, 2.24) is 4.31 Å². The van der Waals surface area contributed by atoms with Gasteiger partial charge in [-0.15, -0.1) is 0 Å². The zero-order chi connectivity index (χ0) is 18.9. The van der Waals surface area contributed by atoms with Crippen molar-refractivity contribution in [3.63, 3.8) is 0 Å². The molecule has 26 heavy (non-hydrogen) atoms. The fraction of sp³-hybridized carbons (Fsp3) is 0.235. The maximum atomic E-state index is 13.3. The predicted octanol–water partition coefficient (Wildman–Crippen LogP) is 2.90. The first-order valence-corrected chi connectivity index (χ1v) is 9.26. The summed E-state index contributed by atoms with van der Waals surface area (Å²) in [6.07, 6.45) is 0.756. The van der Waals surface area contributed by atoms with E-state index in [0.29, 0.717) is 6.42 Å². The van der Waals surface area contributed by atoms with Crippen LogP contribution in [0.25, 0.3) is 0 Å². The van der Waals surface area contributed by atoms with Crippen molar-refractivity contribution < 1.29 is 26.4 Å². The molecule has 2 aromatic rings. The number of anilines is 1. The number of carbonyl (C=O) groups excluding carboxylic acids is 1. The lowest BCUT2D eigenvalue weighted by atomic mass is 10.2. The van der Waals surface area contributed by atoms with Crippen LogP contribution in [0.4, 0.5) is 18.9 Å². The van der Waals surface area contributed by atoms with Crippen LogP contribution in [0.5, 0.6) is 0 Å². The quantitative estimate of drug-likeness (QED) is 0.882. The highest BCUT2D eigenvalue weighted by molar-refractivity contribution is 7.89. The summed E-state index contributed by atoms with van der Waals surface area (Å²) in [4.78, 5) is 12.3. The van der Waals surface area contributed by atoms with E-state index in [2.05, 4.69) is 5.32 Å². The van der Waals surface area contributed by atoms with Crippen molar-refractivity contribution in [3.05, 3.63) is 59.9 Å². The van der Waals surface area contributed by atoms with Crippen molar-refractivity contribution in [2.45, 2.75) is 23.8 Å². The molecule has 0 saturated carbocycles. The number of nitrogens with one attached hydrogen (secondary N) is 1. The van der Waals surface area contributed by atoms with E-state index >= 15 is 0 Å². The maximum Gasteiger partial charge on any atom is 0.243 e. The second-order valence-corrected chi connectivity index (χ2v) is 7.74. The third-order valence-electron chi connectivity index (χ3n) is 4.11. The lowest BCUT2D eigenvalue weighted by Crippen LogP contribution is -2.43. The minimum absolute atomic E-state index is 0.0277. The van der Waals surface area contributed by atoms with Gasteiger partial charge in [-0.05, 0) is 49.2 Å². The summed E-state index contributed by atoms with van der Waals surface area (Å²) in [5.41, 5.74) is 0.0277. The van der Waals surface area contributed by atoms with E-state index in [0.717, 1.165) is 40.7 Å². The molecule has 0 aromatic heterocycles. The van der Waals surface area contributed by atoms with Gasteiger partial charge in [0, 0.05) is 18.3 Å². The molecule has 1 heterocycles. The molecule has 0 bridgehead atoms.